The van der Waals surface area contributed by atoms with E-state index in [0.717, 1.165) is 12.8 Å². The zero-order valence-electron chi connectivity index (χ0n) is 8.59. The highest BCUT2D eigenvalue weighted by Crippen LogP contribution is 2.25. The van der Waals surface area contributed by atoms with Crippen LogP contribution in [0.4, 0.5) is 0 Å². The largest absolute Gasteiger partial charge is 0.480 e. The molecule has 1 fully saturated rings. The molecule has 0 radical (unpaired) electrons. The normalized spacial score (nSPS) is 20.1. The lowest BCUT2D eigenvalue weighted by molar-refractivity contribution is -0.142. The maximum absolute atomic E-state index is 10.2. The van der Waals surface area contributed by atoms with Gasteiger partial charge in [-0.1, -0.05) is 5.16 Å². The number of nitrogens with zero attached hydrogens (tertiary/aromatic N) is 2. The topological polar surface area (TPSA) is 94.7 Å². The summed E-state index contributed by atoms with van der Waals surface area (Å²) < 4.78 is 15.1. The van der Waals surface area contributed by atoms with Crippen LogP contribution in [0.25, 0.3) is 0 Å². The second-order valence-electron chi connectivity index (χ2n) is 3.43. The van der Waals surface area contributed by atoms with Gasteiger partial charge in [-0.15, -0.1) is 0 Å². The molecule has 7 heteroatoms. The summed E-state index contributed by atoms with van der Waals surface area (Å²) >= 11 is 0. The van der Waals surface area contributed by atoms with Gasteiger partial charge in [0.05, 0.1) is 0 Å². The van der Waals surface area contributed by atoms with E-state index in [1.54, 1.807) is 0 Å². The van der Waals surface area contributed by atoms with Gasteiger partial charge in [0.2, 0.25) is 5.82 Å². The van der Waals surface area contributed by atoms with E-state index in [1.807, 2.05) is 0 Å². The van der Waals surface area contributed by atoms with Crippen LogP contribution in [0, 0.1) is 0 Å². The molecule has 1 aromatic rings. The van der Waals surface area contributed by atoms with E-state index >= 15 is 0 Å². The Hall–Kier alpha value is -1.47. The first-order valence-corrected chi connectivity index (χ1v) is 4.99. The molecular formula is C9H12N2O5. The highest BCUT2D eigenvalue weighted by atomic mass is 16.5. The Morgan fingerprint density at radius 1 is 1.62 bits per heavy atom. The van der Waals surface area contributed by atoms with Crippen LogP contribution in [-0.2, 0) is 20.9 Å². The van der Waals surface area contributed by atoms with Gasteiger partial charge in [-0.05, 0) is 12.8 Å². The fourth-order valence-corrected chi connectivity index (χ4v) is 1.46. The van der Waals surface area contributed by atoms with Crippen molar-refractivity contribution in [1.29, 1.82) is 0 Å². The zero-order chi connectivity index (χ0) is 11.4. The van der Waals surface area contributed by atoms with Crippen molar-refractivity contribution in [2.24, 2.45) is 0 Å². The second-order valence-corrected chi connectivity index (χ2v) is 3.43. The Morgan fingerprint density at radius 2 is 2.50 bits per heavy atom. The molecule has 88 valence electrons. The van der Waals surface area contributed by atoms with Crippen LogP contribution >= 0.6 is 0 Å². The first kappa shape index (κ1) is 11.0. The van der Waals surface area contributed by atoms with Gasteiger partial charge >= 0.3 is 5.97 Å². The fourth-order valence-electron chi connectivity index (χ4n) is 1.46. The van der Waals surface area contributed by atoms with Crippen LogP contribution in [0.15, 0.2) is 4.52 Å². The lowest BCUT2D eigenvalue weighted by atomic mass is 10.2. The van der Waals surface area contributed by atoms with Crippen molar-refractivity contribution in [3.05, 3.63) is 11.7 Å². The van der Waals surface area contributed by atoms with E-state index in [0.29, 0.717) is 12.4 Å². The first-order chi connectivity index (χ1) is 7.75. The SMILES string of the molecule is O=C(O)COCc1nc(C2CCCO2)no1. The van der Waals surface area contributed by atoms with Crippen molar-refractivity contribution in [3.8, 4) is 0 Å². The fraction of sp³-hybridized carbons (Fsp3) is 0.667. The Balaban J connectivity index is 1.84. The number of aliphatic carboxylic acids is 1. The third-order valence-corrected chi connectivity index (χ3v) is 2.15. The highest BCUT2D eigenvalue weighted by Gasteiger charge is 2.23. The molecule has 1 aliphatic rings. The maximum Gasteiger partial charge on any atom is 0.329 e. The lowest BCUT2D eigenvalue weighted by Crippen LogP contribution is -2.07. The summed E-state index contributed by atoms with van der Waals surface area (Å²) in [5, 5.41) is 12.1. The smallest absolute Gasteiger partial charge is 0.329 e. The number of aromatic nitrogens is 2. The summed E-state index contributed by atoms with van der Waals surface area (Å²) in [5.74, 6) is -0.253. The van der Waals surface area contributed by atoms with E-state index in [-0.39, 0.29) is 25.2 Å². The van der Waals surface area contributed by atoms with E-state index in [1.165, 1.54) is 0 Å². The van der Waals surface area contributed by atoms with Crippen LogP contribution < -0.4 is 0 Å². The molecule has 1 saturated heterocycles. The Morgan fingerprint density at radius 3 is 3.19 bits per heavy atom. The van der Waals surface area contributed by atoms with Crippen LogP contribution in [0.3, 0.4) is 0 Å². The Labute approximate surface area is 91.3 Å². The number of carbonyl (C=O) groups is 1. The molecule has 0 aromatic carbocycles. The van der Waals surface area contributed by atoms with E-state index in [4.69, 9.17) is 19.1 Å². The number of carboxylic acid groups (broad SMARTS) is 1. The third kappa shape index (κ3) is 2.77. The van der Waals surface area contributed by atoms with Crippen molar-refractivity contribution in [3.63, 3.8) is 0 Å². The molecule has 1 aliphatic heterocycles. The van der Waals surface area contributed by atoms with Crippen molar-refractivity contribution >= 4 is 5.97 Å². The lowest BCUT2D eigenvalue weighted by Gasteiger charge is -2.00. The molecular weight excluding hydrogens is 216 g/mol. The van der Waals surface area contributed by atoms with Crippen molar-refractivity contribution < 1.29 is 23.9 Å². The van der Waals surface area contributed by atoms with Crippen LogP contribution in [0.1, 0.15) is 30.7 Å². The second kappa shape index (κ2) is 5.04. The van der Waals surface area contributed by atoms with Crippen molar-refractivity contribution in [2.75, 3.05) is 13.2 Å². The molecule has 16 heavy (non-hydrogen) atoms. The summed E-state index contributed by atoms with van der Waals surface area (Å²) in [6.07, 6.45) is 1.77. The van der Waals surface area contributed by atoms with Crippen molar-refractivity contribution in [1.82, 2.24) is 10.1 Å². The number of hydrogen-bond donors (Lipinski definition) is 1. The zero-order valence-corrected chi connectivity index (χ0v) is 8.59. The van der Waals surface area contributed by atoms with Crippen molar-refractivity contribution in [2.45, 2.75) is 25.6 Å². The van der Waals surface area contributed by atoms with E-state index < -0.39 is 5.97 Å². The number of ether oxygens (including phenoxy) is 2. The number of hydrogen-bond acceptors (Lipinski definition) is 6. The quantitative estimate of drug-likeness (QED) is 0.784. The molecule has 2 rings (SSSR count). The molecule has 0 aliphatic carbocycles. The van der Waals surface area contributed by atoms with Gasteiger partial charge in [-0.25, -0.2) is 4.79 Å². The maximum atomic E-state index is 10.2. The molecule has 0 spiro atoms. The van der Waals surface area contributed by atoms with E-state index in [2.05, 4.69) is 10.1 Å². The van der Waals surface area contributed by atoms with Gasteiger partial charge < -0.3 is 19.1 Å². The molecule has 0 bridgehead atoms. The molecule has 2 heterocycles. The molecule has 7 nitrogen and oxygen atoms in total. The average Bonchev–Trinajstić information content (AvgIpc) is 2.85. The van der Waals surface area contributed by atoms with Gasteiger partial charge in [0.25, 0.3) is 5.89 Å². The predicted molar refractivity (Wildman–Crippen MR) is 49.5 cm³/mol. The van der Waals surface area contributed by atoms with Crippen LogP contribution in [-0.4, -0.2) is 34.4 Å². The minimum Gasteiger partial charge on any atom is -0.480 e. The molecule has 0 amide bonds. The molecule has 1 N–H and O–H groups in total. The Kier molecular flexibility index (Phi) is 3.47. The molecule has 1 unspecified atom stereocenters. The Bertz CT molecular complexity index is 359. The molecule has 0 saturated carbocycles. The minimum atomic E-state index is -1.03. The summed E-state index contributed by atoms with van der Waals surface area (Å²) in [6, 6.07) is 0. The molecule has 1 aromatic heterocycles. The number of rotatable bonds is 5. The van der Waals surface area contributed by atoms with Crippen LogP contribution in [0.2, 0.25) is 0 Å². The summed E-state index contributed by atoms with van der Waals surface area (Å²) in [6.45, 7) is 0.341. The number of carboxylic acids is 1. The van der Waals surface area contributed by atoms with Gasteiger partial charge in [-0.2, -0.15) is 4.98 Å². The summed E-state index contributed by atoms with van der Waals surface area (Å²) in [5.41, 5.74) is 0. The van der Waals surface area contributed by atoms with Crippen LogP contribution in [0.5, 0.6) is 0 Å². The summed E-state index contributed by atoms with van der Waals surface area (Å²) in [7, 11) is 0. The van der Waals surface area contributed by atoms with Gasteiger partial charge in [0, 0.05) is 6.61 Å². The summed E-state index contributed by atoms with van der Waals surface area (Å²) in [4.78, 5) is 14.3. The monoisotopic (exact) mass is 228 g/mol. The van der Waals surface area contributed by atoms with Gasteiger partial charge in [0.1, 0.15) is 19.3 Å². The first-order valence-electron chi connectivity index (χ1n) is 4.99. The van der Waals surface area contributed by atoms with E-state index in [9.17, 15) is 4.79 Å². The standard InChI is InChI=1S/C9H12N2O5/c12-8(13)5-14-4-7-10-9(11-16-7)6-2-1-3-15-6/h6H,1-5H2,(H,12,13). The average molecular weight is 228 g/mol. The molecule has 1 atom stereocenters. The predicted octanol–water partition coefficient (Wildman–Crippen LogP) is 0.522. The van der Waals surface area contributed by atoms with Gasteiger partial charge in [-0.3, -0.25) is 0 Å². The third-order valence-electron chi connectivity index (χ3n) is 2.15. The minimum absolute atomic E-state index is 0.00597. The van der Waals surface area contributed by atoms with Gasteiger partial charge in [0.15, 0.2) is 0 Å². The highest BCUT2D eigenvalue weighted by molar-refractivity contribution is 5.67.